The molecule has 3 heterocycles. The Morgan fingerprint density at radius 3 is 2.65 bits per heavy atom. The fraction of sp³-hybridized carbons (Fsp3) is 0.429. The van der Waals surface area contributed by atoms with Gasteiger partial charge < -0.3 is 9.42 Å². The van der Waals surface area contributed by atoms with Gasteiger partial charge in [0.05, 0.1) is 5.92 Å². The minimum Gasteiger partial charge on any atom is -0.339 e. The first-order chi connectivity index (χ1) is 9.65. The lowest BCUT2D eigenvalue weighted by Crippen LogP contribution is -2.48. The van der Waals surface area contributed by atoms with Crippen molar-refractivity contribution in [2.24, 2.45) is 0 Å². The van der Waals surface area contributed by atoms with Gasteiger partial charge in [-0.3, -0.25) is 9.78 Å². The molecule has 0 bridgehead atoms. The standard InChI is InChI=1S/C14H16N4O2/c1-9(2)12-16-13(20-17-12)11-7-18(8-11)14(19)10-3-5-15-6-4-10/h3-6,9,11H,7-8H2,1-2H3. The number of hydrogen-bond donors (Lipinski definition) is 0. The minimum absolute atomic E-state index is 0.0206. The van der Waals surface area contributed by atoms with E-state index in [0.717, 1.165) is 5.82 Å². The summed E-state index contributed by atoms with van der Waals surface area (Å²) in [5.41, 5.74) is 0.659. The van der Waals surface area contributed by atoms with E-state index >= 15 is 0 Å². The van der Waals surface area contributed by atoms with Crippen molar-refractivity contribution < 1.29 is 9.32 Å². The van der Waals surface area contributed by atoms with E-state index in [4.69, 9.17) is 4.52 Å². The average molecular weight is 272 g/mol. The van der Waals surface area contributed by atoms with Crippen LogP contribution in [-0.2, 0) is 0 Å². The van der Waals surface area contributed by atoms with Crippen LogP contribution in [0.3, 0.4) is 0 Å². The first kappa shape index (κ1) is 12.8. The average Bonchev–Trinajstić information content (AvgIpc) is 2.87. The zero-order valence-electron chi connectivity index (χ0n) is 11.5. The molecule has 1 saturated heterocycles. The van der Waals surface area contributed by atoms with Crippen molar-refractivity contribution in [3.8, 4) is 0 Å². The van der Waals surface area contributed by atoms with E-state index in [1.165, 1.54) is 0 Å². The molecule has 0 saturated carbocycles. The second-order valence-electron chi connectivity index (χ2n) is 5.29. The highest BCUT2D eigenvalue weighted by Gasteiger charge is 2.36. The van der Waals surface area contributed by atoms with Crippen molar-refractivity contribution in [3.05, 3.63) is 41.8 Å². The van der Waals surface area contributed by atoms with E-state index < -0.39 is 0 Å². The van der Waals surface area contributed by atoms with Crippen LogP contribution in [0, 0.1) is 0 Å². The van der Waals surface area contributed by atoms with Gasteiger partial charge in [0.15, 0.2) is 5.82 Å². The Bertz CT molecular complexity index is 603. The topological polar surface area (TPSA) is 72.1 Å². The molecule has 0 unspecified atom stereocenters. The molecular formula is C14H16N4O2. The molecule has 6 heteroatoms. The van der Waals surface area contributed by atoms with Crippen LogP contribution in [0.5, 0.6) is 0 Å². The van der Waals surface area contributed by atoms with Gasteiger partial charge in [-0.2, -0.15) is 4.98 Å². The van der Waals surface area contributed by atoms with Crippen molar-refractivity contribution in [1.82, 2.24) is 20.0 Å². The van der Waals surface area contributed by atoms with E-state index in [1.807, 2.05) is 13.8 Å². The minimum atomic E-state index is 0.0206. The molecule has 20 heavy (non-hydrogen) atoms. The Morgan fingerprint density at radius 2 is 2.05 bits per heavy atom. The Balaban J connectivity index is 1.62. The zero-order chi connectivity index (χ0) is 14.1. The fourth-order valence-electron chi connectivity index (χ4n) is 2.13. The summed E-state index contributed by atoms with van der Waals surface area (Å²) in [4.78, 5) is 22.2. The molecule has 6 nitrogen and oxygen atoms in total. The predicted octanol–water partition coefficient (Wildman–Crippen LogP) is 1.83. The SMILES string of the molecule is CC(C)c1noc(C2CN(C(=O)c3ccncc3)C2)n1. The van der Waals surface area contributed by atoms with Gasteiger partial charge in [-0.1, -0.05) is 19.0 Å². The monoisotopic (exact) mass is 272 g/mol. The smallest absolute Gasteiger partial charge is 0.254 e. The van der Waals surface area contributed by atoms with Crippen molar-refractivity contribution in [3.63, 3.8) is 0 Å². The highest BCUT2D eigenvalue weighted by atomic mass is 16.5. The summed E-state index contributed by atoms with van der Waals surface area (Å²) in [6, 6.07) is 3.44. The van der Waals surface area contributed by atoms with E-state index in [2.05, 4.69) is 15.1 Å². The van der Waals surface area contributed by atoms with Gasteiger partial charge in [0.1, 0.15) is 0 Å². The molecule has 104 valence electrons. The molecular weight excluding hydrogens is 256 g/mol. The van der Waals surface area contributed by atoms with Crippen molar-refractivity contribution in [2.45, 2.75) is 25.7 Å². The Hall–Kier alpha value is -2.24. The molecule has 0 aliphatic carbocycles. The molecule has 0 aromatic carbocycles. The van der Waals surface area contributed by atoms with E-state index in [0.29, 0.717) is 24.5 Å². The van der Waals surface area contributed by atoms with Crippen molar-refractivity contribution in [1.29, 1.82) is 0 Å². The molecule has 1 fully saturated rings. The molecule has 0 atom stereocenters. The number of likely N-dealkylation sites (tertiary alicyclic amines) is 1. The largest absolute Gasteiger partial charge is 0.339 e. The molecule has 2 aromatic rings. The van der Waals surface area contributed by atoms with Crippen LogP contribution in [-0.4, -0.2) is 39.0 Å². The number of nitrogens with zero attached hydrogens (tertiary/aromatic N) is 4. The van der Waals surface area contributed by atoms with Crippen LogP contribution < -0.4 is 0 Å². The van der Waals surface area contributed by atoms with E-state index in [1.54, 1.807) is 29.4 Å². The number of amides is 1. The third-order valence-electron chi connectivity index (χ3n) is 3.42. The van der Waals surface area contributed by atoms with Crippen molar-refractivity contribution >= 4 is 5.91 Å². The van der Waals surface area contributed by atoms with Crippen LogP contribution in [0.25, 0.3) is 0 Å². The van der Waals surface area contributed by atoms with E-state index in [-0.39, 0.29) is 17.7 Å². The van der Waals surface area contributed by atoms with E-state index in [9.17, 15) is 4.79 Å². The second-order valence-corrected chi connectivity index (χ2v) is 5.29. The number of aromatic nitrogens is 3. The van der Waals surface area contributed by atoms with Gasteiger partial charge in [-0.05, 0) is 12.1 Å². The third-order valence-corrected chi connectivity index (χ3v) is 3.42. The zero-order valence-corrected chi connectivity index (χ0v) is 11.5. The summed E-state index contributed by atoms with van der Waals surface area (Å²) in [5, 5.41) is 3.95. The summed E-state index contributed by atoms with van der Waals surface area (Å²) < 4.78 is 5.25. The van der Waals surface area contributed by atoms with Crippen molar-refractivity contribution in [2.75, 3.05) is 13.1 Å². The quantitative estimate of drug-likeness (QED) is 0.852. The van der Waals surface area contributed by atoms with Crippen LogP contribution in [0.15, 0.2) is 29.0 Å². The van der Waals surface area contributed by atoms with Crippen LogP contribution in [0.4, 0.5) is 0 Å². The number of rotatable bonds is 3. The number of hydrogen-bond acceptors (Lipinski definition) is 5. The van der Waals surface area contributed by atoms with Gasteiger partial charge in [0.25, 0.3) is 5.91 Å². The molecule has 1 amide bonds. The lowest BCUT2D eigenvalue weighted by molar-refractivity contribution is 0.0569. The van der Waals surface area contributed by atoms with Gasteiger partial charge in [0.2, 0.25) is 5.89 Å². The molecule has 0 spiro atoms. The molecule has 3 rings (SSSR count). The lowest BCUT2D eigenvalue weighted by atomic mass is 9.99. The van der Waals surface area contributed by atoms with Gasteiger partial charge in [-0.15, -0.1) is 0 Å². The first-order valence-corrected chi connectivity index (χ1v) is 6.68. The fourth-order valence-corrected chi connectivity index (χ4v) is 2.13. The number of carbonyl (C=O) groups is 1. The highest BCUT2D eigenvalue weighted by molar-refractivity contribution is 5.94. The summed E-state index contributed by atoms with van der Waals surface area (Å²) in [7, 11) is 0. The number of carbonyl (C=O) groups excluding carboxylic acids is 1. The first-order valence-electron chi connectivity index (χ1n) is 6.68. The summed E-state index contributed by atoms with van der Waals surface area (Å²) >= 11 is 0. The summed E-state index contributed by atoms with van der Waals surface area (Å²) in [6.45, 7) is 5.30. The maximum absolute atomic E-state index is 12.1. The van der Waals surface area contributed by atoms with Gasteiger partial charge in [0, 0.05) is 37.0 Å². The maximum Gasteiger partial charge on any atom is 0.254 e. The summed E-state index contributed by atoms with van der Waals surface area (Å²) in [5.74, 6) is 1.78. The Labute approximate surface area is 116 Å². The predicted molar refractivity (Wildman–Crippen MR) is 71.3 cm³/mol. The van der Waals surface area contributed by atoms with Crippen LogP contribution in [0.2, 0.25) is 0 Å². The molecule has 0 N–H and O–H groups in total. The molecule has 1 aliphatic heterocycles. The third kappa shape index (κ3) is 2.29. The molecule has 1 aliphatic rings. The Morgan fingerprint density at radius 1 is 1.35 bits per heavy atom. The number of pyridine rings is 1. The van der Waals surface area contributed by atoms with Gasteiger partial charge >= 0.3 is 0 Å². The Kier molecular flexibility index (Phi) is 3.22. The highest BCUT2D eigenvalue weighted by Crippen LogP contribution is 2.27. The maximum atomic E-state index is 12.1. The lowest BCUT2D eigenvalue weighted by Gasteiger charge is -2.37. The second kappa shape index (κ2) is 5.03. The van der Waals surface area contributed by atoms with Crippen LogP contribution in [0.1, 0.15) is 47.8 Å². The summed E-state index contributed by atoms with van der Waals surface area (Å²) in [6.07, 6.45) is 3.24. The van der Waals surface area contributed by atoms with Gasteiger partial charge in [-0.25, -0.2) is 0 Å². The van der Waals surface area contributed by atoms with Crippen LogP contribution >= 0.6 is 0 Å². The molecule has 2 aromatic heterocycles. The normalized spacial score (nSPS) is 15.4. The molecule has 0 radical (unpaired) electrons.